The van der Waals surface area contributed by atoms with Crippen molar-refractivity contribution in [3.8, 4) is 0 Å². The van der Waals surface area contributed by atoms with E-state index in [-0.39, 0.29) is 0 Å². The van der Waals surface area contributed by atoms with Gasteiger partial charge in [0.15, 0.2) is 0 Å². The predicted octanol–water partition coefficient (Wildman–Crippen LogP) is 3.36. The largest absolute Gasteiger partial charge is 0.377 e. The highest BCUT2D eigenvalue weighted by atomic mass is 16.5. The van der Waals surface area contributed by atoms with E-state index >= 15 is 0 Å². The van der Waals surface area contributed by atoms with Crippen LogP contribution in [0.25, 0.3) is 0 Å². The molecule has 0 aromatic carbocycles. The fourth-order valence-corrected chi connectivity index (χ4v) is 3.31. The van der Waals surface area contributed by atoms with Crippen LogP contribution in [0.4, 0.5) is 0 Å². The molecule has 0 spiro atoms. The van der Waals surface area contributed by atoms with Crippen molar-refractivity contribution in [2.75, 3.05) is 13.2 Å². The SMILES string of the molecule is CCNC1C(OCCC2CCC2)CCC1(C)C. The van der Waals surface area contributed by atoms with E-state index in [2.05, 4.69) is 26.1 Å². The van der Waals surface area contributed by atoms with E-state index in [1.807, 2.05) is 0 Å². The molecular formula is C15H29NO. The van der Waals surface area contributed by atoms with Gasteiger partial charge < -0.3 is 10.1 Å². The van der Waals surface area contributed by atoms with Gasteiger partial charge in [-0.1, -0.05) is 40.0 Å². The molecule has 100 valence electrons. The molecule has 2 saturated carbocycles. The van der Waals surface area contributed by atoms with Crippen LogP contribution in [0.1, 0.15) is 59.3 Å². The third-order valence-corrected chi connectivity index (χ3v) is 4.79. The molecule has 0 radical (unpaired) electrons. The summed E-state index contributed by atoms with van der Waals surface area (Å²) in [6.45, 7) is 8.97. The molecule has 1 N–H and O–H groups in total. The molecule has 2 unspecified atom stereocenters. The Morgan fingerprint density at radius 2 is 2.00 bits per heavy atom. The highest BCUT2D eigenvalue weighted by Crippen LogP contribution is 2.39. The van der Waals surface area contributed by atoms with Gasteiger partial charge >= 0.3 is 0 Å². The van der Waals surface area contributed by atoms with E-state index in [1.165, 1.54) is 38.5 Å². The molecule has 2 aliphatic carbocycles. The van der Waals surface area contributed by atoms with E-state index < -0.39 is 0 Å². The second-order valence-corrected chi connectivity index (χ2v) is 6.56. The Bertz CT molecular complexity index is 235. The molecule has 0 saturated heterocycles. The summed E-state index contributed by atoms with van der Waals surface area (Å²) in [5.41, 5.74) is 0.400. The molecule has 2 aliphatic rings. The lowest BCUT2D eigenvalue weighted by atomic mass is 9.83. The summed E-state index contributed by atoms with van der Waals surface area (Å²) in [5.74, 6) is 0.974. The van der Waals surface area contributed by atoms with Crippen molar-refractivity contribution in [3.63, 3.8) is 0 Å². The first-order chi connectivity index (χ1) is 8.13. The minimum Gasteiger partial charge on any atom is -0.377 e. The van der Waals surface area contributed by atoms with Gasteiger partial charge in [0.25, 0.3) is 0 Å². The number of nitrogens with one attached hydrogen (secondary N) is 1. The van der Waals surface area contributed by atoms with Gasteiger partial charge in [-0.2, -0.15) is 0 Å². The van der Waals surface area contributed by atoms with Crippen LogP contribution in [-0.4, -0.2) is 25.3 Å². The summed E-state index contributed by atoms with van der Waals surface area (Å²) in [6.07, 6.45) is 8.59. The van der Waals surface area contributed by atoms with Crippen LogP contribution in [-0.2, 0) is 4.74 Å². The predicted molar refractivity (Wildman–Crippen MR) is 72.2 cm³/mol. The maximum atomic E-state index is 6.15. The molecule has 2 fully saturated rings. The molecule has 2 rings (SSSR count). The number of hydrogen-bond donors (Lipinski definition) is 1. The smallest absolute Gasteiger partial charge is 0.0733 e. The fraction of sp³-hybridized carbons (Fsp3) is 1.00. The van der Waals surface area contributed by atoms with E-state index in [0.717, 1.165) is 19.1 Å². The van der Waals surface area contributed by atoms with Gasteiger partial charge in [-0.3, -0.25) is 0 Å². The van der Waals surface area contributed by atoms with Crippen molar-refractivity contribution >= 4 is 0 Å². The maximum absolute atomic E-state index is 6.15. The molecular weight excluding hydrogens is 210 g/mol. The van der Waals surface area contributed by atoms with E-state index in [1.54, 1.807) is 0 Å². The van der Waals surface area contributed by atoms with E-state index in [9.17, 15) is 0 Å². The third kappa shape index (κ3) is 3.23. The van der Waals surface area contributed by atoms with Gasteiger partial charge in [0.1, 0.15) is 0 Å². The minimum atomic E-state index is 0.400. The van der Waals surface area contributed by atoms with Crippen LogP contribution >= 0.6 is 0 Å². The van der Waals surface area contributed by atoms with Crippen LogP contribution in [0.3, 0.4) is 0 Å². The highest BCUT2D eigenvalue weighted by Gasteiger charge is 2.41. The Morgan fingerprint density at radius 3 is 2.59 bits per heavy atom. The van der Waals surface area contributed by atoms with Crippen LogP contribution in [0, 0.1) is 11.3 Å². The molecule has 17 heavy (non-hydrogen) atoms. The lowest BCUT2D eigenvalue weighted by Gasteiger charge is -2.32. The lowest BCUT2D eigenvalue weighted by Crippen LogP contribution is -2.45. The number of likely N-dealkylation sites (N-methyl/N-ethyl adjacent to an activating group) is 1. The topological polar surface area (TPSA) is 21.3 Å². The summed E-state index contributed by atoms with van der Waals surface area (Å²) in [7, 11) is 0. The summed E-state index contributed by atoms with van der Waals surface area (Å²) < 4.78 is 6.15. The zero-order valence-corrected chi connectivity index (χ0v) is 11.8. The van der Waals surface area contributed by atoms with Crippen molar-refractivity contribution < 1.29 is 4.74 Å². The summed E-state index contributed by atoms with van der Waals surface area (Å²) in [4.78, 5) is 0. The minimum absolute atomic E-state index is 0.400. The Labute approximate surface area is 107 Å². The van der Waals surface area contributed by atoms with E-state index in [4.69, 9.17) is 4.74 Å². The van der Waals surface area contributed by atoms with Crippen molar-refractivity contribution in [1.29, 1.82) is 0 Å². The molecule has 0 aliphatic heterocycles. The second kappa shape index (κ2) is 5.71. The van der Waals surface area contributed by atoms with Crippen molar-refractivity contribution in [1.82, 2.24) is 5.32 Å². The Hall–Kier alpha value is -0.0800. The molecule has 2 nitrogen and oxygen atoms in total. The fourth-order valence-electron chi connectivity index (χ4n) is 3.31. The highest BCUT2D eigenvalue weighted by molar-refractivity contribution is 4.97. The maximum Gasteiger partial charge on any atom is 0.0733 e. The number of hydrogen-bond acceptors (Lipinski definition) is 2. The molecule has 0 aromatic rings. The zero-order chi connectivity index (χ0) is 12.3. The quantitative estimate of drug-likeness (QED) is 0.767. The first-order valence-corrected chi connectivity index (χ1v) is 7.48. The van der Waals surface area contributed by atoms with Crippen LogP contribution in [0.15, 0.2) is 0 Å². The first-order valence-electron chi connectivity index (χ1n) is 7.48. The van der Waals surface area contributed by atoms with Gasteiger partial charge in [-0.25, -0.2) is 0 Å². The Balaban J connectivity index is 1.74. The van der Waals surface area contributed by atoms with Gasteiger partial charge in [0.05, 0.1) is 6.10 Å². The van der Waals surface area contributed by atoms with Crippen molar-refractivity contribution in [2.24, 2.45) is 11.3 Å². The lowest BCUT2D eigenvalue weighted by molar-refractivity contribution is 0.0155. The molecule has 0 amide bonds. The Kier molecular flexibility index (Phi) is 4.48. The summed E-state index contributed by atoms with van der Waals surface area (Å²) >= 11 is 0. The van der Waals surface area contributed by atoms with Crippen molar-refractivity contribution in [3.05, 3.63) is 0 Å². The Morgan fingerprint density at radius 1 is 1.24 bits per heavy atom. The normalized spacial score (nSPS) is 32.6. The number of rotatable bonds is 6. The van der Waals surface area contributed by atoms with Gasteiger partial charge in [0.2, 0.25) is 0 Å². The summed E-state index contributed by atoms with van der Waals surface area (Å²) in [6, 6.07) is 0.550. The third-order valence-electron chi connectivity index (χ3n) is 4.79. The van der Waals surface area contributed by atoms with Crippen LogP contribution < -0.4 is 5.32 Å². The van der Waals surface area contributed by atoms with E-state index in [0.29, 0.717) is 17.6 Å². The standard InChI is InChI=1S/C15H29NO/c1-4-16-14-13(8-10-15(14,2)3)17-11-9-12-6-5-7-12/h12-14,16H,4-11H2,1-3H3. The molecule has 2 atom stereocenters. The zero-order valence-electron chi connectivity index (χ0n) is 11.8. The van der Waals surface area contributed by atoms with Crippen molar-refractivity contribution in [2.45, 2.75) is 71.4 Å². The van der Waals surface area contributed by atoms with Crippen LogP contribution in [0.5, 0.6) is 0 Å². The second-order valence-electron chi connectivity index (χ2n) is 6.56. The first kappa shape index (κ1) is 13.4. The molecule has 0 heterocycles. The molecule has 0 bridgehead atoms. The summed E-state index contributed by atoms with van der Waals surface area (Å²) in [5, 5.41) is 3.63. The van der Waals surface area contributed by atoms with Gasteiger partial charge in [-0.05, 0) is 37.1 Å². The molecule has 2 heteroatoms. The van der Waals surface area contributed by atoms with Gasteiger partial charge in [-0.15, -0.1) is 0 Å². The number of ether oxygens (including phenoxy) is 1. The average molecular weight is 239 g/mol. The average Bonchev–Trinajstić information content (AvgIpc) is 2.49. The monoisotopic (exact) mass is 239 g/mol. The molecule has 0 aromatic heterocycles. The van der Waals surface area contributed by atoms with Crippen LogP contribution in [0.2, 0.25) is 0 Å². The van der Waals surface area contributed by atoms with Gasteiger partial charge in [0, 0.05) is 12.6 Å².